The van der Waals surface area contributed by atoms with Gasteiger partial charge in [0.15, 0.2) is 6.10 Å². The summed E-state index contributed by atoms with van der Waals surface area (Å²) in [6.45, 7) is 10.5. The molecule has 1 unspecified atom stereocenters. The second kappa shape index (κ2) is 30.8. The number of ketones is 2. The van der Waals surface area contributed by atoms with E-state index in [0.717, 1.165) is 83.1 Å². The highest BCUT2D eigenvalue weighted by molar-refractivity contribution is 7.84. The number of unbranched alkanes of at least 4 members (excludes halogenated alkanes) is 6. The summed E-state index contributed by atoms with van der Waals surface area (Å²) in [5, 5.41) is 17.2. The Morgan fingerprint density at radius 2 is 1.64 bits per heavy atom. The number of benzene rings is 1. The predicted octanol–water partition coefficient (Wildman–Crippen LogP) is 10.4. The smallest absolute Gasteiger partial charge is 0.453 e. The number of carbonyl (C=O) groups excluding carboxylic acids is 5. The number of allylic oxidation sites excluding steroid dienone is 4. The average Bonchev–Trinajstić information content (AvgIpc) is 1.72. The molecular formula is C66H92F5N5O12S. The lowest BCUT2D eigenvalue weighted by Crippen LogP contribution is -2.51. The zero-order valence-corrected chi connectivity index (χ0v) is 53.2. The fourth-order valence-electron chi connectivity index (χ4n) is 14.9. The summed E-state index contributed by atoms with van der Waals surface area (Å²) in [6, 6.07) is 6.12. The molecule has 3 fully saturated rings. The molecule has 3 amide bonds. The Morgan fingerprint density at radius 1 is 0.933 bits per heavy atom. The van der Waals surface area contributed by atoms with E-state index in [1.165, 1.54) is 24.3 Å². The Kier molecular flexibility index (Phi) is 24.0. The Morgan fingerprint density at radius 3 is 2.34 bits per heavy atom. The zero-order valence-electron chi connectivity index (χ0n) is 52.4. The molecular weight excluding hydrogens is 1180 g/mol. The molecule has 5 N–H and O–H groups in total. The van der Waals surface area contributed by atoms with E-state index >= 15 is 0 Å². The third-order valence-electron chi connectivity index (χ3n) is 19.9. The van der Waals surface area contributed by atoms with Gasteiger partial charge in [-0.2, -0.15) is 22.0 Å². The molecule has 2 saturated carbocycles. The number of amides is 3. The monoisotopic (exact) mass is 1270 g/mol. The number of rotatable bonds is 22. The first-order valence-corrected chi connectivity index (χ1v) is 33.4. The van der Waals surface area contributed by atoms with Crippen LogP contribution in [0.4, 0.5) is 31.5 Å². The number of primary amides is 1. The van der Waals surface area contributed by atoms with Crippen LogP contribution in [0.5, 0.6) is 5.75 Å². The first-order chi connectivity index (χ1) is 42.3. The molecule has 89 heavy (non-hydrogen) atoms. The highest BCUT2D eigenvalue weighted by Gasteiger charge is 2.58. The van der Waals surface area contributed by atoms with Gasteiger partial charge in [-0.05, 0) is 135 Å². The van der Waals surface area contributed by atoms with E-state index in [1.54, 1.807) is 31.1 Å². The number of hydrogen-bond acceptors (Lipinski definition) is 14. The van der Waals surface area contributed by atoms with Crippen molar-refractivity contribution in [2.24, 2.45) is 40.7 Å². The second-order valence-corrected chi connectivity index (χ2v) is 27.7. The first kappa shape index (κ1) is 69.4. The molecule has 1 aromatic rings. The van der Waals surface area contributed by atoms with Crippen LogP contribution >= 0.6 is 0 Å². The first-order valence-electron chi connectivity index (χ1n) is 32.0. The Labute approximate surface area is 522 Å². The molecule has 3 aliphatic heterocycles. The number of aliphatic hydroxyl groups is 1. The third kappa shape index (κ3) is 17.2. The van der Waals surface area contributed by atoms with Gasteiger partial charge < -0.3 is 50.1 Å². The number of hydrogen-bond donors (Lipinski definition) is 4. The van der Waals surface area contributed by atoms with Crippen molar-refractivity contribution in [1.82, 2.24) is 20.4 Å². The molecule has 8 rings (SSSR count). The highest BCUT2D eigenvalue weighted by atomic mass is 32.2. The summed E-state index contributed by atoms with van der Waals surface area (Å²) in [7, 11) is 1.58. The van der Waals surface area contributed by atoms with Gasteiger partial charge in [-0.3, -0.25) is 23.5 Å². The van der Waals surface area contributed by atoms with Gasteiger partial charge in [-0.1, -0.05) is 83.6 Å². The standard InChI is InChI=1S/C66H92F5N5O12S/c1-40-34-48-57(51(77)39-50(58(48)79)74-61(80)41(2)16-14-18-52(84-5)60(88-62(72)81)54-36-42(3)59(87-54)53(35-40)85-6)73-26-27-75-28-30-76(31-29-75)63(82)86-45-19-20-46-44(38-45)37-43(56-47(46)23-25-64(4)49(56)21-22-55(64)78)17-12-10-8-7-9-11-13-32-89(83)33-15-24-65(67,68)66(69,70)71/h14,16,18-20,36,38-40,42-43,47,49,52-53,55-56,59-60,73,78H,7-13,15,17,21-35,37H2,1-6H3,(H2,72,81)(H,74,80)/b18-14-,41-16-/t40-,42+,43-,47-,49+,52+,53+,55+,56-,59+,60-,64+,89?/m1/s1. The van der Waals surface area contributed by atoms with E-state index in [9.17, 15) is 55.2 Å². The van der Waals surface area contributed by atoms with Gasteiger partial charge in [0, 0.05) is 105 Å². The van der Waals surface area contributed by atoms with Crippen molar-refractivity contribution < 1.29 is 78.9 Å². The maximum atomic E-state index is 14.4. The van der Waals surface area contributed by atoms with Gasteiger partial charge in [0.2, 0.25) is 11.6 Å². The second-order valence-electron chi connectivity index (χ2n) is 26.0. The van der Waals surface area contributed by atoms with Crippen molar-refractivity contribution in [3.63, 3.8) is 0 Å². The fraction of sp³-hybridized carbons (Fsp3) is 0.682. The van der Waals surface area contributed by atoms with Crippen LogP contribution in [0.1, 0.15) is 147 Å². The number of alkyl halides is 5. The van der Waals surface area contributed by atoms with Crippen LogP contribution in [0.2, 0.25) is 0 Å². The topological polar surface area (TPSA) is 225 Å². The van der Waals surface area contributed by atoms with Crippen molar-refractivity contribution in [2.75, 3.05) is 65.0 Å². The zero-order chi connectivity index (χ0) is 64.4. The van der Waals surface area contributed by atoms with Gasteiger partial charge in [-0.15, -0.1) is 0 Å². The van der Waals surface area contributed by atoms with Crippen LogP contribution in [0.3, 0.4) is 0 Å². The number of nitrogens with zero attached hydrogens (tertiary/aromatic N) is 2. The van der Waals surface area contributed by atoms with Gasteiger partial charge in [0.25, 0.3) is 5.91 Å². The average molecular weight is 1270 g/mol. The number of aliphatic hydroxyl groups excluding tert-OH is 1. The number of methoxy groups -OCH3 is 2. The van der Waals surface area contributed by atoms with E-state index < -0.39 is 89.8 Å². The van der Waals surface area contributed by atoms with Gasteiger partial charge in [0.05, 0.1) is 23.6 Å². The highest BCUT2D eigenvalue weighted by Crippen LogP contribution is 2.63. The summed E-state index contributed by atoms with van der Waals surface area (Å²) in [5.41, 5.74) is 8.36. The lowest BCUT2D eigenvalue weighted by atomic mass is 9.52. The number of ether oxygens (including phenoxy) is 5. The summed E-state index contributed by atoms with van der Waals surface area (Å²) in [4.78, 5) is 71.6. The summed E-state index contributed by atoms with van der Waals surface area (Å²) in [6.07, 6.45) is 8.38. The van der Waals surface area contributed by atoms with E-state index in [2.05, 4.69) is 34.6 Å². The molecule has 4 aliphatic carbocycles. The molecule has 0 spiro atoms. The number of nitrogens with two attached hydrogens (primary N) is 1. The molecule has 1 saturated heterocycles. The molecule has 4 bridgehead atoms. The molecule has 3 heterocycles. The quantitative estimate of drug-likeness (QED) is 0.0482. The summed E-state index contributed by atoms with van der Waals surface area (Å²) in [5.74, 6) is -4.13. The number of Topliss-reactive ketones (excluding diaryl/α,β-unsaturated/α-hetero) is 1. The third-order valence-corrected chi connectivity index (χ3v) is 21.4. The number of fused-ring (bicyclic) bond motifs is 9. The normalized spacial score (nSPS) is 30.9. The van der Waals surface area contributed by atoms with Crippen molar-refractivity contribution in [1.29, 1.82) is 0 Å². The van der Waals surface area contributed by atoms with Gasteiger partial charge >= 0.3 is 24.3 Å². The summed E-state index contributed by atoms with van der Waals surface area (Å²) < 4.78 is 106. The SMILES string of the molecule is CO[C@H]1/C=C\C=C(\C)C(=O)NC2=CC(=O)C(NCCN3CCN(C(=O)Oc4ccc5c(c4)C[C@@H](CCCCCCCCCS(=O)CCCC(F)(F)C(F)(F)F)[C@@H]4[C@@H]5CC[C@]5(C)[C@@H](O)CC[C@@H]45)CC3)=C(C[C@@H](C)C[C@H](OC)[C@H]3OC(=C[C@@H]3C)[C@@H]1OC(N)=O)C2=O. The van der Waals surface area contributed by atoms with E-state index in [0.29, 0.717) is 93.0 Å². The minimum absolute atomic E-state index is 0.109. The van der Waals surface area contributed by atoms with Crippen molar-refractivity contribution >= 4 is 40.5 Å². The Hall–Kier alpha value is -5.49. The molecule has 494 valence electrons. The van der Waals surface area contributed by atoms with Crippen LogP contribution in [0.15, 0.2) is 76.9 Å². The molecule has 0 aromatic heterocycles. The Bertz CT molecular complexity index is 2890. The predicted molar refractivity (Wildman–Crippen MR) is 326 cm³/mol. The molecule has 17 nitrogen and oxygen atoms in total. The lowest BCUT2D eigenvalue weighted by molar-refractivity contribution is -0.284. The van der Waals surface area contributed by atoms with Crippen LogP contribution in [-0.2, 0) is 50.6 Å². The van der Waals surface area contributed by atoms with Crippen molar-refractivity contribution in [3.8, 4) is 5.75 Å². The van der Waals surface area contributed by atoms with Crippen LogP contribution in [0, 0.1) is 35.0 Å². The number of piperazine rings is 1. The minimum atomic E-state index is -5.59. The van der Waals surface area contributed by atoms with Gasteiger partial charge in [0.1, 0.15) is 23.7 Å². The van der Waals surface area contributed by atoms with Gasteiger partial charge in [-0.25, -0.2) is 9.59 Å². The lowest BCUT2D eigenvalue weighted by Gasteiger charge is -2.53. The van der Waals surface area contributed by atoms with Crippen molar-refractivity contribution in [2.45, 2.75) is 185 Å². The fourth-order valence-corrected chi connectivity index (χ4v) is 16.1. The molecule has 7 aliphatic rings. The van der Waals surface area contributed by atoms with Crippen LogP contribution in [-0.4, -0.2) is 156 Å². The minimum Gasteiger partial charge on any atom is -0.488 e. The van der Waals surface area contributed by atoms with Crippen LogP contribution in [0.25, 0.3) is 0 Å². The number of nitrogens with one attached hydrogen (secondary N) is 2. The molecule has 23 heteroatoms. The number of halogens is 5. The number of carbonyl (C=O) groups is 5. The summed E-state index contributed by atoms with van der Waals surface area (Å²) >= 11 is 0. The van der Waals surface area contributed by atoms with Crippen LogP contribution < -0.4 is 21.1 Å². The van der Waals surface area contributed by atoms with E-state index in [4.69, 9.17) is 29.4 Å². The molecule has 1 aromatic carbocycles. The Balaban J connectivity index is 0.835. The maximum absolute atomic E-state index is 14.4. The molecule has 0 radical (unpaired) electrons. The van der Waals surface area contributed by atoms with E-state index in [1.807, 2.05) is 26.0 Å². The maximum Gasteiger partial charge on any atom is 0.453 e. The molecule has 13 atom stereocenters. The largest absolute Gasteiger partial charge is 0.488 e. The van der Waals surface area contributed by atoms with E-state index in [-0.39, 0.29) is 58.1 Å². The van der Waals surface area contributed by atoms with Crippen molar-refractivity contribution in [3.05, 3.63) is 88.0 Å².